The predicted molar refractivity (Wildman–Crippen MR) is 80.3 cm³/mol. The van der Waals surface area contributed by atoms with Gasteiger partial charge < -0.3 is 10.4 Å². The first-order valence-corrected chi connectivity index (χ1v) is 7.13. The fourth-order valence-corrected chi connectivity index (χ4v) is 2.74. The number of aliphatic hydroxyl groups is 1. The molecule has 20 heavy (non-hydrogen) atoms. The van der Waals surface area contributed by atoms with Gasteiger partial charge in [0.25, 0.3) is 0 Å². The van der Waals surface area contributed by atoms with Gasteiger partial charge in [0.05, 0.1) is 0 Å². The van der Waals surface area contributed by atoms with Crippen LogP contribution in [0.4, 0.5) is 5.69 Å². The fraction of sp³-hybridized carbons (Fsp3) is 0.471. The van der Waals surface area contributed by atoms with Crippen LogP contribution in [0.2, 0.25) is 0 Å². The quantitative estimate of drug-likeness (QED) is 0.813. The summed E-state index contributed by atoms with van der Waals surface area (Å²) in [6, 6.07) is 5.70. The van der Waals surface area contributed by atoms with Crippen molar-refractivity contribution >= 4 is 11.6 Å². The van der Waals surface area contributed by atoms with E-state index in [2.05, 4.69) is 24.1 Å². The van der Waals surface area contributed by atoms with Crippen molar-refractivity contribution in [2.45, 2.75) is 33.1 Å². The molecule has 0 saturated heterocycles. The van der Waals surface area contributed by atoms with Crippen molar-refractivity contribution in [2.75, 3.05) is 11.9 Å². The number of aliphatic hydroxyl groups excluding tert-OH is 1. The van der Waals surface area contributed by atoms with Crippen molar-refractivity contribution in [3.05, 3.63) is 29.3 Å². The average molecular weight is 271 g/mol. The average Bonchev–Trinajstić information content (AvgIpc) is 2.86. The number of carbonyl (C=O) groups excluding carboxylic acids is 1. The van der Waals surface area contributed by atoms with Gasteiger partial charge in [0, 0.05) is 17.2 Å². The van der Waals surface area contributed by atoms with Crippen molar-refractivity contribution in [3.63, 3.8) is 0 Å². The molecular formula is C17H21NO2. The molecule has 1 fully saturated rings. The Morgan fingerprint density at radius 1 is 1.45 bits per heavy atom. The molecule has 0 spiro atoms. The summed E-state index contributed by atoms with van der Waals surface area (Å²) in [6.45, 7) is 3.96. The highest BCUT2D eigenvalue weighted by molar-refractivity contribution is 5.93. The van der Waals surface area contributed by atoms with Gasteiger partial charge in [0.2, 0.25) is 5.91 Å². The van der Waals surface area contributed by atoms with Gasteiger partial charge >= 0.3 is 0 Å². The molecule has 2 unspecified atom stereocenters. The minimum atomic E-state index is -0.158. The van der Waals surface area contributed by atoms with Crippen LogP contribution in [-0.2, 0) is 4.79 Å². The summed E-state index contributed by atoms with van der Waals surface area (Å²) in [5.41, 5.74) is 2.65. The van der Waals surface area contributed by atoms with E-state index in [0.29, 0.717) is 5.92 Å². The third-order valence-corrected chi connectivity index (χ3v) is 4.01. The Balaban J connectivity index is 2.13. The monoisotopic (exact) mass is 271 g/mol. The minimum absolute atomic E-state index is 0.116. The van der Waals surface area contributed by atoms with E-state index in [4.69, 9.17) is 5.11 Å². The summed E-state index contributed by atoms with van der Waals surface area (Å²) in [7, 11) is 0. The largest absolute Gasteiger partial charge is 0.384 e. The first-order chi connectivity index (χ1) is 9.61. The molecule has 1 aromatic rings. The number of nitrogens with one attached hydrogen (secondary N) is 1. The minimum Gasteiger partial charge on any atom is -0.384 e. The first kappa shape index (κ1) is 14.6. The molecule has 1 aliphatic carbocycles. The molecule has 3 heteroatoms. The molecule has 0 aliphatic heterocycles. The van der Waals surface area contributed by atoms with Crippen LogP contribution in [0.25, 0.3) is 0 Å². The van der Waals surface area contributed by atoms with Crippen molar-refractivity contribution < 1.29 is 9.90 Å². The van der Waals surface area contributed by atoms with Crippen LogP contribution >= 0.6 is 0 Å². The molecule has 0 radical (unpaired) electrons. The second-order valence-electron chi connectivity index (χ2n) is 5.49. The van der Waals surface area contributed by atoms with Gasteiger partial charge in [-0.05, 0) is 43.4 Å². The van der Waals surface area contributed by atoms with Gasteiger partial charge in [-0.25, -0.2) is 0 Å². The van der Waals surface area contributed by atoms with E-state index in [1.165, 1.54) is 0 Å². The van der Waals surface area contributed by atoms with Crippen molar-refractivity contribution in [3.8, 4) is 11.8 Å². The number of anilines is 1. The lowest BCUT2D eigenvalue weighted by atomic mass is 9.97. The third kappa shape index (κ3) is 3.40. The summed E-state index contributed by atoms with van der Waals surface area (Å²) < 4.78 is 0. The molecule has 2 N–H and O–H groups in total. The van der Waals surface area contributed by atoms with Crippen LogP contribution < -0.4 is 5.32 Å². The standard InChI is InChI=1S/C17H21NO2/c1-12-5-3-7-15(12)17(20)18-16-11-14(6-4-10-19)9-8-13(16)2/h8-9,11-12,15,19H,3,5,7,10H2,1-2H3,(H,18,20). The topological polar surface area (TPSA) is 49.3 Å². The Hall–Kier alpha value is -1.79. The molecule has 0 heterocycles. The lowest BCUT2D eigenvalue weighted by molar-refractivity contribution is -0.120. The number of rotatable bonds is 2. The van der Waals surface area contributed by atoms with Crippen LogP contribution in [0.5, 0.6) is 0 Å². The molecule has 1 amide bonds. The van der Waals surface area contributed by atoms with Crippen molar-refractivity contribution in [1.82, 2.24) is 0 Å². The zero-order valence-electron chi connectivity index (χ0n) is 12.1. The predicted octanol–water partition coefficient (Wildman–Crippen LogP) is 2.71. The number of carbonyl (C=O) groups is 1. The summed E-state index contributed by atoms with van der Waals surface area (Å²) in [5.74, 6) is 6.19. The van der Waals surface area contributed by atoms with E-state index in [1.807, 2.05) is 25.1 Å². The maximum atomic E-state index is 12.3. The molecular weight excluding hydrogens is 250 g/mol. The second kappa shape index (κ2) is 6.58. The van der Waals surface area contributed by atoms with E-state index >= 15 is 0 Å². The Bertz CT molecular complexity index is 554. The van der Waals surface area contributed by atoms with E-state index in [-0.39, 0.29) is 18.4 Å². The van der Waals surface area contributed by atoms with Crippen LogP contribution in [0.1, 0.15) is 37.3 Å². The molecule has 106 valence electrons. The molecule has 0 aromatic heterocycles. The Morgan fingerprint density at radius 2 is 2.25 bits per heavy atom. The van der Waals surface area contributed by atoms with Gasteiger partial charge in [-0.15, -0.1) is 0 Å². The zero-order valence-corrected chi connectivity index (χ0v) is 12.1. The van der Waals surface area contributed by atoms with Crippen LogP contribution in [0.15, 0.2) is 18.2 Å². The molecule has 2 atom stereocenters. The molecule has 1 saturated carbocycles. The van der Waals surface area contributed by atoms with E-state index in [9.17, 15) is 4.79 Å². The number of aryl methyl sites for hydroxylation is 1. The smallest absolute Gasteiger partial charge is 0.227 e. The second-order valence-corrected chi connectivity index (χ2v) is 5.49. The van der Waals surface area contributed by atoms with Crippen LogP contribution in [-0.4, -0.2) is 17.6 Å². The number of hydrogen-bond donors (Lipinski definition) is 2. The maximum absolute atomic E-state index is 12.3. The summed E-state index contributed by atoms with van der Waals surface area (Å²) in [4.78, 5) is 12.3. The number of hydrogen-bond acceptors (Lipinski definition) is 2. The molecule has 3 nitrogen and oxygen atoms in total. The van der Waals surface area contributed by atoms with Gasteiger partial charge in [-0.3, -0.25) is 4.79 Å². The summed E-state index contributed by atoms with van der Waals surface area (Å²) in [6.07, 6.45) is 3.26. The number of amides is 1. The van der Waals surface area contributed by atoms with Gasteiger partial charge in [0.15, 0.2) is 0 Å². The summed E-state index contributed by atoms with van der Waals surface area (Å²) >= 11 is 0. The zero-order chi connectivity index (χ0) is 14.5. The number of benzene rings is 1. The van der Waals surface area contributed by atoms with Crippen molar-refractivity contribution in [2.24, 2.45) is 11.8 Å². The normalized spacial score (nSPS) is 21.1. The highest BCUT2D eigenvalue weighted by Gasteiger charge is 2.29. The molecule has 1 aromatic carbocycles. The Morgan fingerprint density at radius 3 is 2.90 bits per heavy atom. The lowest BCUT2D eigenvalue weighted by Crippen LogP contribution is -2.24. The van der Waals surface area contributed by atoms with E-state index in [1.54, 1.807) is 0 Å². The van der Waals surface area contributed by atoms with Crippen LogP contribution in [0, 0.1) is 30.6 Å². The molecule has 1 aliphatic rings. The molecule has 2 rings (SSSR count). The SMILES string of the molecule is Cc1ccc(C#CCO)cc1NC(=O)C1CCCC1C. The van der Waals surface area contributed by atoms with Crippen LogP contribution in [0.3, 0.4) is 0 Å². The van der Waals surface area contributed by atoms with E-state index < -0.39 is 0 Å². The maximum Gasteiger partial charge on any atom is 0.227 e. The highest BCUT2D eigenvalue weighted by Crippen LogP contribution is 2.32. The van der Waals surface area contributed by atoms with Crippen molar-refractivity contribution in [1.29, 1.82) is 0 Å². The lowest BCUT2D eigenvalue weighted by Gasteiger charge is -2.16. The highest BCUT2D eigenvalue weighted by atomic mass is 16.2. The van der Waals surface area contributed by atoms with E-state index in [0.717, 1.165) is 36.1 Å². The van der Waals surface area contributed by atoms with Gasteiger partial charge in [-0.1, -0.05) is 31.3 Å². The van der Waals surface area contributed by atoms with Gasteiger partial charge in [0.1, 0.15) is 6.61 Å². The molecule has 0 bridgehead atoms. The Labute approximate surface area is 120 Å². The fourth-order valence-electron chi connectivity index (χ4n) is 2.74. The van der Waals surface area contributed by atoms with Gasteiger partial charge in [-0.2, -0.15) is 0 Å². The third-order valence-electron chi connectivity index (χ3n) is 4.01. The Kier molecular flexibility index (Phi) is 4.81. The summed E-state index contributed by atoms with van der Waals surface area (Å²) in [5, 5.41) is 11.8. The first-order valence-electron chi connectivity index (χ1n) is 7.13.